The van der Waals surface area contributed by atoms with Crippen LogP contribution in [0.5, 0.6) is 0 Å². The topological polar surface area (TPSA) is 86.7 Å². The molecule has 0 N–H and O–H groups in total. The smallest absolute Gasteiger partial charge is 0.311 e. The van der Waals surface area contributed by atoms with Crippen molar-refractivity contribution >= 4 is 46.2 Å². The van der Waals surface area contributed by atoms with E-state index >= 15 is 0 Å². The van der Waals surface area contributed by atoms with Crippen molar-refractivity contribution in [2.24, 2.45) is 0 Å². The molecule has 0 aromatic heterocycles. The van der Waals surface area contributed by atoms with Crippen LogP contribution in [0.4, 0.5) is 0 Å². The van der Waals surface area contributed by atoms with Crippen molar-refractivity contribution in [2.75, 3.05) is 0 Å². The molecule has 0 unspecified atom stereocenters. The molecule has 0 amide bonds. The highest BCUT2D eigenvalue weighted by Crippen LogP contribution is 2.26. The van der Waals surface area contributed by atoms with Crippen LogP contribution in [0, 0.1) is 6.92 Å². The van der Waals surface area contributed by atoms with Gasteiger partial charge in [0.25, 0.3) is 0 Å². The lowest BCUT2D eigenvalue weighted by molar-refractivity contribution is -0.139. The highest BCUT2D eigenvalue weighted by molar-refractivity contribution is 6.58. The molecule has 0 saturated heterocycles. The first-order valence-electron chi connectivity index (χ1n) is 11.1. The standard InChI is InChI=1S/C27H24O6/c1-4-8-20(28)32-26-18-11-7-6-10-16(18)22-23(24(26)30)17-13-12-15(3)14-19(17)27(25(22)31)33-21(29)9-5-2/h6-7,10-14H,4-5,8-9H2,1-3H3. The molecule has 2 aromatic carbocycles. The molecule has 2 aromatic rings. The predicted molar refractivity (Wildman–Crippen MR) is 122 cm³/mol. The second-order valence-corrected chi connectivity index (χ2v) is 8.11. The van der Waals surface area contributed by atoms with E-state index in [0.29, 0.717) is 33.7 Å². The number of esters is 2. The van der Waals surface area contributed by atoms with Gasteiger partial charge in [0, 0.05) is 34.4 Å². The Kier molecular flexibility index (Phi) is 6.09. The van der Waals surface area contributed by atoms with E-state index in [-0.39, 0.29) is 35.5 Å². The lowest BCUT2D eigenvalue weighted by atomic mass is 9.83. The molecular formula is C27H24O6. The Morgan fingerprint density at radius 2 is 1.18 bits per heavy atom. The normalized spacial score (nSPS) is 14.5. The van der Waals surface area contributed by atoms with Gasteiger partial charge in [0.15, 0.2) is 11.5 Å². The lowest BCUT2D eigenvalue weighted by Crippen LogP contribution is -2.47. The van der Waals surface area contributed by atoms with Gasteiger partial charge in [0.2, 0.25) is 11.6 Å². The molecule has 6 nitrogen and oxygen atoms in total. The van der Waals surface area contributed by atoms with Crippen molar-refractivity contribution in [1.29, 1.82) is 0 Å². The van der Waals surface area contributed by atoms with E-state index in [0.717, 1.165) is 5.56 Å². The summed E-state index contributed by atoms with van der Waals surface area (Å²) in [4.78, 5) is 51.9. The summed E-state index contributed by atoms with van der Waals surface area (Å²) in [6, 6.07) is 12.1. The SMILES string of the molecule is CCCC(=O)OC1=c2ccccc2=C2C(=O)C(OC(=O)CCC)=c3cc(C)ccc3=C2C1=O. The van der Waals surface area contributed by atoms with Gasteiger partial charge in [-0.05, 0) is 36.3 Å². The average Bonchev–Trinajstić information content (AvgIpc) is 2.78. The number of carbonyl (C=O) groups is 4. The Bertz CT molecular complexity index is 1460. The zero-order chi connectivity index (χ0) is 23.7. The van der Waals surface area contributed by atoms with Crippen LogP contribution in [0.15, 0.2) is 42.5 Å². The monoisotopic (exact) mass is 444 g/mol. The molecule has 168 valence electrons. The number of hydrogen-bond donors (Lipinski definition) is 0. The van der Waals surface area contributed by atoms with Crippen molar-refractivity contribution in [1.82, 2.24) is 0 Å². The zero-order valence-corrected chi connectivity index (χ0v) is 18.8. The van der Waals surface area contributed by atoms with Gasteiger partial charge in [0.1, 0.15) is 0 Å². The number of aryl methyl sites for hydroxylation is 1. The Morgan fingerprint density at radius 1 is 0.697 bits per heavy atom. The van der Waals surface area contributed by atoms with E-state index in [2.05, 4.69) is 0 Å². The summed E-state index contributed by atoms with van der Waals surface area (Å²) in [5.41, 5.74) is 1.15. The number of rotatable bonds is 6. The van der Waals surface area contributed by atoms with E-state index < -0.39 is 23.5 Å². The maximum Gasteiger partial charge on any atom is 0.311 e. The third-order valence-corrected chi connectivity index (χ3v) is 5.59. The number of ether oxygens (including phenoxy) is 2. The first kappa shape index (κ1) is 22.4. The fourth-order valence-corrected chi connectivity index (χ4v) is 4.12. The summed E-state index contributed by atoms with van der Waals surface area (Å²) >= 11 is 0. The maximum absolute atomic E-state index is 13.7. The van der Waals surface area contributed by atoms with Crippen LogP contribution in [-0.4, -0.2) is 23.5 Å². The van der Waals surface area contributed by atoms with E-state index in [1.54, 1.807) is 36.4 Å². The maximum atomic E-state index is 13.7. The summed E-state index contributed by atoms with van der Waals surface area (Å²) < 4.78 is 11.0. The minimum atomic E-state index is -0.537. The van der Waals surface area contributed by atoms with Crippen LogP contribution in [0.2, 0.25) is 0 Å². The number of fused-ring (bicyclic) bond motifs is 3. The van der Waals surface area contributed by atoms with Gasteiger partial charge in [-0.25, -0.2) is 0 Å². The first-order valence-corrected chi connectivity index (χ1v) is 11.1. The molecule has 0 atom stereocenters. The van der Waals surface area contributed by atoms with Crippen LogP contribution in [0.1, 0.15) is 45.1 Å². The minimum absolute atomic E-state index is 0.0834. The summed E-state index contributed by atoms with van der Waals surface area (Å²) in [7, 11) is 0. The molecule has 0 heterocycles. The van der Waals surface area contributed by atoms with Gasteiger partial charge < -0.3 is 9.47 Å². The Balaban J connectivity index is 2.09. The molecule has 6 heteroatoms. The molecule has 2 aliphatic carbocycles. The molecule has 0 aliphatic heterocycles. The second-order valence-electron chi connectivity index (χ2n) is 8.11. The quantitative estimate of drug-likeness (QED) is 0.620. The first-order chi connectivity index (χ1) is 15.9. The Morgan fingerprint density at radius 3 is 1.73 bits per heavy atom. The Labute approximate surface area is 190 Å². The van der Waals surface area contributed by atoms with Crippen molar-refractivity contribution in [3.63, 3.8) is 0 Å². The largest absolute Gasteiger partial charge is 0.422 e. The third-order valence-electron chi connectivity index (χ3n) is 5.59. The van der Waals surface area contributed by atoms with Crippen LogP contribution in [0.3, 0.4) is 0 Å². The summed E-state index contributed by atoms with van der Waals surface area (Å²) in [5, 5.41) is 1.69. The van der Waals surface area contributed by atoms with Crippen molar-refractivity contribution in [3.8, 4) is 0 Å². The highest BCUT2D eigenvalue weighted by Gasteiger charge is 2.37. The third kappa shape index (κ3) is 3.93. The van der Waals surface area contributed by atoms with Gasteiger partial charge in [-0.1, -0.05) is 55.8 Å². The summed E-state index contributed by atoms with van der Waals surface area (Å²) in [6.45, 7) is 5.54. The lowest BCUT2D eigenvalue weighted by Gasteiger charge is -2.22. The van der Waals surface area contributed by atoms with Gasteiger partial charge in [0.05, 0.1) is 0 Å². The van der Waals surface area contributed by atoms with Crippen molar-refractivity contribution in [2.45, 2.75) is 46.5 Å². The van der Waals surface area contributed by atoms with Crippen molar-refractivity contribution in [3.05, 3.63) is 68.9 Å². The number of benzene rings is 2. The van der Waals surface area contributed by atoms with Crippen LogP contribution >= 0.6 is 0 Å². The Hall–Kier alpha value is -3.80. The molecule has 0 radical (unpaired) electrons. The van der Waals surface area contributed by atoms with Crippen LogP contribution in [-0.2, 0) is 28.7 Å². The number of carbonyl (C=O) groups excluding carboxylic acids is 4. The van der Waals surface area contributed by atoms with Gasteiger partial charge >= 0.3 is 11.9 Å². The second kappa shape index (κ2) is 8.98. The van der Waals surface area contributed by atoms with Gasteiger partial charge in [-0.15, -0.1) is 0 Å². The fourth-order valence-electron chi connectivity index (χ4n) is 4.12. The number of Topliss-reactive ketones (excluding diaryl/α,β-unsaturated/α-hetero) is 2. The van der Waals surface area contributed by atoms with E-state index in [1.807, 2.05) is 26.8 Å². The van der Waals surface area contributed by atoms with Gasteiger partial charge in [-0.3, -0.25) is 19.2 Å². The zero-order valence-electron chi connectivity index (χ0n) is 18.8. The van der Waals surface area contributed by atoms with E-state index in [4.69, 9.17) is 9.47 Å². The van der Waals surface area contributed by atoms with Gasteiger partial charge in [-0.2, -0.15) is 0 Å². The van der Waals surface area contributed by atoms with Crippen LogP contribution in [0.25, 0.3) is 22.7 Å². The molecular weight excluding hydrogens is 420 g/mol. The molecule has 4 rings (SSSR count). The number of hydrogen-bond acceptors (Lipinski definition) is 6. The summed E-state index contributed by atoms with van der Waals surface area (Å²) in [5.74, 6) is -2.26. The predicted octanol–water partition coefficient (Wildman–Crippen LogP) is 1.07. The molecule has 33 heavy (non-hydrogen) atoms. The molecule has 0 bridgehead atoms. The van der Waals surface area contributed by atoms with Crippen molar-refractivity contribution < 1.29 is 28.7 Å². The molecule has 0 saturated carbocycles. The number of ketones is 2. The van der Waals surface area contributed by atoms with E-state index in [1.165, 1.54) is 0 Å². The molecule has 0 spiro atoms. The molecule has 0 fully saturated rings. The highest BCUT2D eigenvalue weighted by atomic mass is 16.5. The minimum Gasteiger partial charge on any atom is -0.422 e. The molecule has 2 aliphatic rings. The average molecular weight is 444 g/mol. The van der Waals surface area contributed by atoms with E-state index in [9.17, 15) is 19.2 Å². The van der Waals surface area contributed by atoms with Crippen LogP contribution < -0.4 is 20.9 Å². The summed E-state index contributed by atoms with van der Waals surface area (Å²) in [6.07, 6.45) is 1.51. The fraction of sp³-hybridized carbons (Fsp3) is 0.259.